The van der Waals surface area contributed by atoms with E-state index in [-0.39, 0.29) is 18.4 Å². The zero-order valence-electron chi connectivity index (χ0n) is 12.3. The zero-order chi connectivity index (χ0) is 15.4. The Bertz CT molecular complexity index is 628. The first-order valence-corrected chi connectivity index (χ1v) is 6.89. The molecule has 2 rings (SSSR count). The molecule has 1 unspecified atom stereocenters. The predicted molar refractivity (Wildman–Crippen MR) is 80.6 cm³/mol. The normalized spacial score (nSPS) is 17.4. The third-order valence-corrected chi connectivity index (χ3v) is 3.64. The quantitative estimate of drug-likeness (QED) is 0.766. The topological polar surface area (TPSA) is 75.4 Å². The van der Waals surface area contributed by atoms with Gasteiger partial charge in [-0.05, 0) is 31.0 Å². The molecule has 21 heavy (non-hydrogen) atoms. The van der Waals surface area contributed by atoms with Crippen molar-refractivity contribution in [2.24, 2.45) is 5.73 Å². The van der Waals surface area contributed by atoms with Crippen molar-refractivity contribution in [1.29, 1.82) is 0 Å². The van der Waals surface area contributed by atoms with Crippen LogP contribution in [0.1, 0.15) is 27.9 Å². The number of nitrogens with one attached hydrogen (secondary N) is 1. The minimum Gasteiger partial charge on any atom is -0.344 e. The highest BCUT2D eigenvalue weighted by molar-refractivity contribution is 5.99. The first-order chi connectivity index (χ1) is 10.0. The van der Waals surface area contributed by atoms with Crippen LogP contribution in [-0.4, -0.2) is 42.9 Å². The van der Waals surface area contributed by atoms with Gasteiger partial charge in [-0.3, -0.25) is 9.59 Å². The number of likely N-dealkylation sites (N-methyl/N-ethyl adjacent to an activating group) is 1. The molecule has 1 aromatic rings. The summed E-state index contributed by atoms with van der Waals surface area (Å²) in [5, 5.41) is 2.80. The molecule has 5 heteroatoms. The maximum absolute atomic E-state index is 12.3. The first kappa shape index (κ1) is 15.1. The van der Waals surface area contributed by atoms with Gasteiger partial charge in [0, 0.05) is 24.7 Å². The number of hydrogen-bond donors (Lipinski definition) is 2. The van der Waals surface area contributed by atoms with Gasteiger partial charge in [0.2, 0.25) is 5.91 Å². The zero-order valence-corrected chi connectivity index (χ0v) is 12.3. The lowest BCUT2D eigenvalue weighted by Gasteiger charge is -2.14. The molecule has 110 valence electrons. The van der Waals surface area contributed by atoms with Gasteiger partial charge in [-0.2, -0.15) is 0 Å². The molecule has 1 atom stereocenters. The highest BCUT2D eigenvalue weighted by Crippen LogP contribution is 2.15. The summed E-state index contributed by atoms with van der Waals surface area (Å²) in [6.45, 7) is 2.79. The van der Waals surface area contributed by atoms with Crippen LogP contribution in [0.4, 0.5) is 0 Å². The van der Waals surface area contributed by atoms with Crippen molar-refractivity contribution in [3.63, 3.8) is 0 Å². The average Bonchev–Trinajstić information content (AvgIpc) is 2.78. The molecule has 0 spiro atoms. The van der Waals surface area contributed by atoms with E-state index in [4.69, 9.17) is 5.73 Å². The minimum atomic E-state index is -0.430. The van der Waals surface area contributed by atoms with Gasteiger partial charge in [-0.15, -0.1) is 0 Å². The van der Waals surface area contributed by atoms with Gasteiger partial charge in [-0.25, -0.2) is 0 Å². The second-order valence-electron chi connectivity index (χ2n) is 5.06. The Balaban J connectivity index is 2.18. The fraction of sp³-hybridized carbons (Fsp3) is 0.375. The molecule has 0 aromatic heterocycles. The van der Waals surface area contributed by atoms with E-state index in [1.54, 1.807) is 24.1 Å². The summed E-state index contributed by atoms with van der Waals surface area (Å²) in [6.07, 6.45) is 0.646. The van der Waals surface area contributed by atoms with E-state index in [1.807, 2.05) is 13.0 Å². The molecule has 5 nitrogen and oxygen atoms in total. The van der Waals surface area contributed by atoms with Gasteiger partial charge >= 0.3 is 0 Å². The minimum absolute atomic E-state index is 0.0416. The molecule has 0 aliphatic carbocycles. The second-order valence-corrected chi connectivity index (χ2v) is 5.06. The van der Waals surface area contributed by atoms with Gasteiger partial charge in [-0.1, -0.05) is 17.9 Å². The van der Waals surface area contributed by atoms with Gasteiger partial charge in [0.15, 0.2) is 0 Å². The third kappa shape index (κ3) is 3.23. The number of likely N-dealkylation sites (tertiary alicyclic amines) is 1. The summed E-state index contributed by atoms with van der Waals surface area (Å²) in [6, 6.07) is 4.94. The Morgan fingerprint density at radius 2 is 2.29 bits per heavy atom. The monoisotopic (exact) mass is 285 g/mol. The van der Waals surface area contributed by atoms with E-state index < -0.39 is 6.04 Å². The van der Waals surface area contributed by atoms with Gasteiger partial charge < -0.3 is 16.0 Å². The molecule has 0 bridgehead atoms. The van der Waals surface area contributed by atoms with Crippen molar-refractivity contribution < 1.29 is 9.59 Å². The Morgan fingerprint density at radius 1 is 1.52 bits per heavy atom. The van der Waals surface area contributed by atoms with Crippen molar-refractivity contribution in [3.8, 4) is 11.8 Å². The van der Waals surface area contributed by atoms with Crippen molar-refractivity contribution in [3.05, 3.63) is 34.9 Å². The number of nitrogens with two attached hydrogens (primary N) is 1. The summed E-state index contributed by atoms with van der Waals surface area (Å²) in [7, 11) is 1.74. The fourth-order valence-corrected chi connectivity index (χ4v) is 2.36. The van der Waals surface area contributed by atoms with Gasteiger partial charge in [0.25, 0.3) is 5.91 Å². The molecule has 0 saturated carbocycles. The largest absolute Gasteiger partial charge is 0.344 e. The van der Waals surface area contributed by atoms with Crippen LogP contribution >= 0.6 is 0 Å². The lowest BCUT2D eigenvalue weighted by Crippen LogP contribution is -2.40. The summed E-state index contributed by atoms with van der Waals surface area (Å²) < 4.78 is 0. The molecule has 1 aliphatic rings. The highest BCUT2D eigenvalue weighted by atomic mass is 16.2. The molecule has 1 aromatic carbocycles. The Morgan fingerprint density at radius 3 is 2.90 bits per heavy atom. The van der Waals surface area contributed by atoms with Gasteiger partial charge in [0.1, 0.15) is 6.04 Å². The van der Waals surface area contributed by atoms with Crippen molar-refractivity contribution in [2.75, 3.05) is 20.1 Å². The summed E-state index contributed by atoms with van der Waals surface area (Å²) in [5.74, 6) is 5.45. The predicted octanol–water partition coefficient (Wildman–Crippen LogP) is 0.266. The molecule has 3 N–H and O–H groups in total. The van der Waals surface area contributed by atoms with E-state index in [0.717, 1.165) is 11.1 Å². The molecular weight excluding hydrogens is 266 g/mol. The number of benzene rings is 1. The van der Waals surface area contributed by atoms with Crippen LogP contribution in [0.25, 0.3) is 0 Å². The second kappa shape index (κ2) is 6.42. The number of rotatable bonds is 2. The van der Waals surface area contributed by atoms with E-state index in [0.29, 0.717) is 18.5 Å². The first-order valence-electron chi connectivity index (χ1n) is 6.89. The Labute approximate surface area is 124 Å². The number of amides is 2. The van der Waals surface area contributed by atoms with Crippen LogP contribution in [0.15, 0.2) is 18.2 Å². The Hall–Kier alpha value is -2.32. The Kier molecular flexibility index (Phi) is 4.61. The third-order valence-electron chi connectivity index (χ3n) is 3.64. The number of nitrogens with zero attached hydrogens (tertiary/aromatic N) is 1. The number of carbonyl (C=O) groups is 2. The summed E-state index contributed by atoms with van der Waals surface area (Å²) in [4.78, 5) is 25.8. The fourth-order valence-electron chi connectivity index (χ4n) is 2.36. The van der Waals surface area contributed by atoms with Crippen molar-refractivity contribution in [1.82, 2.24) is 10.2 Å². The van der Waals surface area contributed by atoms with E-state index in [9.17, 15) is 9.59 Å². The average molecular weight is 285 g/mol. The SMILES string of the molecule is Cc1c(C#CCN)cccc1C(=O)NC1CCN(C)C1=O. The number of hydrogen-bond acceptors (Lipinski definition) is 3. The van der Waals surface area contributed by atoms with Crippen LogP contribution in [0, 0.1) is 18.8 Å². The molecular formula is C16H19N3O2. The smallest absolute Gasteiger partial charge is 0.252 e. The lowest BCUT2D eigenvalue weighted by molar-refractivity contribution is -0.128. The van der Waals surface area contributed by atoms with Crippen LogP contribution in [0.2, 0.25) is 0 Å². The van der Waals surface area contributed by atoms with Crippen LogP contribution in [0.3, 0.4) is 0 Å². The van der Waals surface area contributed by atoms with Gasteiger partial charge in [0.05, 0.1) is 6.54 Å². The molecule has 1 aliphatic heterocycles. The van der Waals surface area contributed by atoms with Crippen molar-refractivity contribution >= 4 is 11.8 Å². The molecule has 0 radical (unpaired) electrons. The molecule has 1 heterocycles. The lowest BCUT2D eigenvalue weighted by atomic mass is 10.0. The standard InChI is InChI=1S/C16H19N3O2/c1-11-12(6-4-9-17)5-3-7-13(11)15(20)18-14-8-10-19(2)16(14)21/h3,5,7,14H,8-10,17H2,1-2H3,(H,18,20). The van der Waals surface area contributed by atoms with Crippen LogP contribution in [0.5, 0.6) is 0 Å². The molecule has 1 saturated heterocycles. The summed E-state index contributed by atoms with van der Waals surface area (Å²) >= 11 is 0. The number of carbonyl (C=O) groups excluding carboxylic acids is 2. The van der Waals surface area contributed by atoms with Crippen molar-refractivity contribution in [2.45, 2.75) is 19.4 Å². The van der Waals surface area contributed by atoms with E-state index in [2.05, 4.69) is 17.2 Å². The van der Waals surface area contributed by atoms with E-state index >= 15 is 0 Å². The molecule has 1 fully saturated rings. The summed E-state index contributed by atoms with van der Waals surface area (Å²) in [5.41, 5.74) is 7.49. The van der Waals surface area contributed by atoms with E-state index in [1.165, 1.54) is 0 Å². The maximum Gasteiger partial charge on any atom is 0.252 e. The maximum atomic E-state index is 12.3. The van der Waals surface area contributed by atoms with Crippen LogP contribution < -0.4 is 11.1 Å². The molecule has 2 amide bonds. The highest BCUT2D eigenvalue weighted by Gasteiger charge is 2.30. The van der Waals surface area contributed by atoms with Crippen LogP contribution in [-0.2, 0) is 4.79 Å².